The highest BCUT2D eigenvalue weighted by molar-refractivity contribution is 6.76. The first kappa shape index (κ1) is 11.6. The van der Waals surface area contributed by atoms with E-state index in [2.05, 4.69) is 24.5 Å². The first-order chi connectivity index (χ1) is 6.89. The van der Waals surface area contributed by atoms with Crippen molar-refractivity contribution in [1.82, 2.24) is 4.90 Å². The fraction of sp³-hybridized carbons (Fsp3) is 1.00. The SMILES string of the molecule is C[Si](C)(C)CCC1(O)CN2CCC1CC2. The third kappa shape index (κ3) is 2.63. The summed E-state index contributed by atoms with van der Waals surface area (Å²) in [6, 6.07) is 1.27. The molecule has 88 valence electrons. The first-order valence-corrected chi connectivity index (χ1v) is 10.0. The van der Waals surface area contributed by atoms with Crippen molar-refractivity contribution in [3.63, 3.8) is 0 Å². The van der Waals surface area contributed by atoms with Crippen LogP contribution in [0.1, 0.15) is 19.3 Å². The highest BCUT2D eigenvalue weighted by atomic mass is 28.3. The van der Waals surface area contributed by atoms with Gasteiger partial charge in [-0.05, 0) is 38.3 Å². The van der Waals surface area contributed by atoms with Crippen LogP contribution in [0.5, 0.6) is 0 Å². The summed E-state index contributed by atoms with van der Waals surface area (Å²) in [6.07, 6.45) is 3.49. The van der Waals surface area contributed by atoms with Gasteiger partial charge in [-0.3, -0.25) is 0 Å². The van der Waals surface area contributed by atoms with Crippen LogP contribution in [-0.2, 0) is 0 Å². The summed E-state index contributed by atoms with van der Waals surface area (Å²) in [5.74, 6) is 0.596. The summed E-state index contributed by atoms with van der Waals surface area (Å²) >= 11 is 0. The monoisotopic (exact) mass is 227 g/mol. The van der Waals surface area contributed by atoms with Gasteiger partial charge in [0.25, 0.3) is 0 Å². The van der Waals surface area contributed by atoms with Crippen LogP contribution in [0.25, 0.3) is 0 Å². The molecule has 0 radical (unpaired) electrons. The van der Waals surface area contributed by atoms with E-state index in [0.29, 0.717) is 5.92 Å². The molecule has 1 N–H and O–H groups in total. The van der Waals surface area contributed by atoms with Gasteiger partial charge in [-0.2, -0.15) is 0 Å². The van der Waals surface area contributed by atoms with E-state index >= 15 is 0 Å². The van der Waals surface area contributed by atoms with Crippen LogP contribution < -0.4 is 0 Å². The molecular weight excluding hydrogens is 202 g/mol. The molecular formula is C12H25NOSi. The Morgan fingerprint density at radius 3 is 2.27 bits per heavy atom. The summed E-state index contributed by atoms with van der Waals surface area (Å²) in [6.45, 7) is 10.6. The number of nitrogens with zero attached hydrogens (tertiary/aromatic N) is 1. The minimum Gasteiger partial charge on any atom is -0.388 e. The van der Waals surface area contributed by atoms with Gasteiger partial charge < -0.3 is 10.0 Å². The normalized spacial score (nSPS) is 40.8. The summed E-state index contributed by atoms with van der Waals surface area (Å²) in [4.78, 5) is 2.45. The zero-order valence-corrected chi connectivity index (χ0v) is 11.4. The Morgan fingerprint density at radius 1 is 1.27 bits per heavy atom. The van der Waals surface area contributed by atoms with E-state index in [1.54, 1.807) is 0 Å². The molecule has 1 atom stereocenters. The molecule has 0 amide bonds. The average Bonchev–Trinajstić information content (AvgIpc) is 2.16. The van der Waals surface area contributed by atoms with Gasteiger partial charge >= 0.3 is 0 Å². The maximum atomic E-state index is 10.7. The molecule has 0 aromatic rings. The highest BCUT2D eigenvalue weighted by Crippen LogP contribution is 2.39. The molecule has 3 aliphatic rings. The largest absolute Gasteiger partial charge is 0.388 e. The third-order valence-electron chi connectivity index (χ3n) is 4.15. The van der Waals surface area contributed by atoms with Crippen LogP contribution in [0.4, 0.5) is 0 Å². The molecule has 3 fully saturated rings. The molecule has 0 aromatic heterocycles. The number of hydrogen-bond acceptors (Lipinski definition) is 2. The molecule has 3 aliphatic heterocycles. The predicted octanol–water partition coefficient (Wildman–Crippen LogP) is 2.17. The van der Waals surface area contributed by atoms with Crippen molar-refractivity contribution in [3.05, 3.63) is 0 Å². The lowest BCUT2D eigenvalue weighted by Gasteiger charge is -2.51. The predicted molar refractivity (Wildman–Crippen MR) is 66.9 cm³/mol. The van der Waals surface area contributed by atoms with Crippen molar-refractivity contribution in [2.24, 2.45) is 5.92 Å². The Morgan fingerprint density at radius 2 is 1.87 bits per heavy atom. The van der Waals surface area contributed by atoms with Crippen molar-refractivity contribution in [2.45, 2.75) is 50.5 Å². The summed E-state index contributed by atoms with van der Waals surface area (Å²) < 4.78 is 0. The number of aliphatic hydroxyl groups is 1. The van der Waals surface area contributed by atoms with Gasteiger partial charge in [0.05, 0.1) is 5.60 Å². The molecule has 0 aromatic carbocycles. The van der Waals surface area contributed by atoms with E-state index in [1.807, 2.05) is 0 Å². The van der Waals surface area contributed by atoms with Crippen LogP contribution in [-0.4, -0.2) is 43.3 Å². The second kappa shape index (κ2) is 3.86. The molecule has 0 spiro atoms. The van der Waals surface area contributed by atoms with Gasteiger partial charge in [-0.15, -0.1) is 0 Å². The minimum atomic E-state index is -0.994. The van der Waals surface area contributed by atoms with Crippen molar-refractivity contribution in [3.8, 4) is 0 Å². The lowest BCUT2D eigenvalue weighted by Crippen LogP contribution is -2.59. The smallest absolute Gasteiger partial charge is 0.0800 e. The van der Waals surface area contributed by atoms with Crippen LogP contribution in [0, 0.1) is 5.92 Å². The second-order valence-corrected chi connectivity index (χ2v) is 12.3. The zero-order valence-electron chi connectivity index (χ0n) is 10.4. The Balaban J connectivity index is 1.95. The molecule has 3 heteroatoms. The highest BCUT2D eigenvalue weighted by Gasteiger charge is 2.45. The summed E-state index contributed by atoms with van der Waals surface area (Å²) in [7, 11) is -0.994. The Labute approximate surface area is 94.7 Å². The summed E-state index contributed by atoms with van der Waals surface area (Å²) in [5.41, 5.74) is -0.337. The number of fused-ring (bicyclic) bond motifs is 3. The van der Waals surface area contributed by atoms with Gasteiger partial charge in [0.15, 0.2) is 0 Å². The number of piperidine rings is 3. The second-order valence-electron chi connectivity index (χ2n) is 6.71. The lowest BCUT2D eigenvalue weighted by molar-refractivity contribution is -0.113. The van der Waals surface area contributed by atoms with Gasteiger partial charge in [-0.1, -0.05) is 25.7 Å². The minimum absolute atomic E-state index is 0.337. The van der Waals surface area contributed by atoms with Crippen LogP contribution in [0.2, 0.25) is 25.7 Å². The van der Waals surface area contributed by atoms with Gasteiger partial charge in [0.2, 0.25) is 0 Å². The average molecular weight is 227 g/mol. The molecule has 15 heavy (non-hydrogen) atoms. The zero-order chi connectivity index (χ0) is 11.1. The van der Waals surface area contributed by atoms with Gasteiger partial charge in [-0.25, -0.2) is 0 Å². The van der Waals surface area contributed by atoms with E-state index in [-0.39, 0.29) is 5.60 Å². The molecule has 2 nitrogen and oxygen atoms in total. The first-order valence-electron chi connectivity index (χ1n) is 6.34. The molecule has 0 aliphatic carbocycles. The van der Waals surface area contributed by atoms with E-state index in [4.69, 9.17) is 0 Å². The summed E-state index contributed by atoms with van der Waals surface area (Å²) in [5, 5.41) is 10.7. The van der Waals surface area contributed by atoms with Crippen LogP contribution >= 0.6 is 0 Å². The van der Waals surface area contributed by atoms with Crippen LogP contribution in [0.3, 0.4) is 0 Å². The molecule has 2 bridgehead atoms. The van der Waals surface area contributed by atoms with Crippen molar-refractivity contribution < 1.29 is 5.11 Å². The van der Waals surface area contributed by atoms with E-state index < -0.39 is 8.07 Å². The standard InChI is InChI=1S/C12H25NOSi/c1-15(2,3)9-6-12(14)10-13-7-4-11(12)5-8-13/h11,14H,4-10H2,1-3H3. The van der Waals surface area contributed by atoms with Crippen molar-refractivity contribution >= 4 is 8.07 Å². The Hall–Kier alpha value is 0.137. The molecule has 1 unspecified atom stereocenters. The van der Waals surface area contributed by atoms with Gasteiger partial charge in [0, 0.05) is 14.6 Å². The fourth-order valence-corrected chi connectivity index (χ4v) is 4.20. The van der Waals surface area contributed by atoms with E-state index in [1.165, 1.54) is 32.0 Å². The Bertz CT molecular complexity index is 230. The van der Waals surface area contributed by atoms with Crippen molar-refractivity contribution in [2.75, 3.05) is 19.6 Å². The third-order valence-corrected chi connectivity index (χ3v) is 5.90. The number of rotatable bonds is 3. The van der Waals surface area contributed by atoms with Crippen LogP contribution in [0.15, 0.2) is 0 Å². The van der Waals surface area contributed by atoms with Crippen molar-refractivity contribution in [1.29, 1.82) is 0 Å². The molecule has 3 heterocycles. The molecule has 3 saturated heterocycles. The van der Waals surface area contributed by atoms with E-state index in [9.17, 15) is 5.11 Å². The quantitative estimate of drug-likeness (QED) is 0.747. The molecule has 0 saturated carbocycles. The maximum absolute atomic E-state index is 10.7. The topological polar surface area (TPSA) is 23.5 Å². The van der Waals surface area contributed by atoms with E-state index in [0.717, 1.165) is 13.0 Å². The lowest BCUT2D eigenvalue weighted by atomic mass is 9.74. The fourth-order valence-electron chi connectivity index (χ4n) is 3.02. The molecule has 3 rings (SSSR count). The number of hydrogen-bond donors (Lipinski definition) is 1. The maximum Gasteiger partial charge on any atom is 0.0800 e. The Kier molecular flexibility index (Phi) is 2.99. The van der Waals surface area contributed by atoms with Gasteiger partial charge in [0.1, 0.15) is 0 Å².